The number of hydrogen-bond donors (Lipinski definition) is 0. The van der Waals surface area contributed by atoms with Gasteiger partial charge in [-0.3, -0.25) is 0 Å². The topological polar surface area (TPSA) is 25.8 Å². The van der Waals surface area contributed by atoms with Gasteiger partial charge in [-0.1, -0.05) is 50.0 Å². The first kappa shape index (κ1) is 11.0. The summed E-state index contributed by atoms with van der Waals surface area (Å²) in [5.74, 6) is 0.808. The van der Waals surface area contributed by atoms with Gasteiger partial charge in [-0.05, 0) is 5.19 Å². The highest BCUT2D eigenvalue weighted by molar-refractivity contribution is 6.88. The van der Waals surface area contributed by atoms with E-state index < -0.39 is 8.07 Å². The smallest absolute Gasteiger partial charge is 0.159 e. The lowest BCUT2D eigenvalue weighted by Gasteiger charge is -2.15. The zero-order chi connectivity index (χ0) is 11.6. The summed E-state index contributed by atoms with van der Waals surface area (Å²) in [4.78, 5) is 8.88. The molecule has 82 valence electrons. The molecule has 0 spiro atoms. The van der Waals surface area contributed by atoms with Gasteiger partial charge in [0.2, 0.25) is 0 Å². The van der Waals surface area contributed by atoms with Crippen molar-refractivity contribution < 1.29 is 0 Å². The Kier molecular flexibility index (Phi) is 2.88. The highest BCUT2D eigenvalue weighted by Gasteiger charge is 2.17. The molecule has 0 unspecified atom stereocenters. The van der Waals surface area contributed by atoms with Crippen LogP contribution in [0.4, 0.5) is 0 Å². The number of rotatable bonds is 2. The fraction of sp³-hybridized carbons (Fsp3) is 0.231. The van der Waals surface area contributed by atoms with Gasteiger partial charge >= 0.3 is 0 Å². The summed E-state index contributed by atoms with van der Waals surface area (Å²) in [6.07, 6.45) is 3.95. The van der Waals surface area contributed by atoms with Gasteiger partial charge in [0.15, 0.2) is 5.82 Å². The quantitative estimate of drug-likeness (QED) is 0.739. The standard InChI is InChI=1S/C13H16N2Si/c1-16(2,3)12-9-14-13(15-10-12)11-7-5-4-6-8-11/h4-10H,1-3H3. The van der Waals surface area contributed by atoms with E-state index in [1.165, 1.54) is 5.19 Å². The molecule has 1 aromatic carbocycles. The number of hydrogen-bond acceptors (Lipinski definition) is 2. The molecule has 0 saturated heterocycles. The summed E-state index contributed by atoms with van der Waals surface area (Å²) in [7, 11) is -1.28. The van der Waals surface area contributed by atoms with Crippen LogP contribution >= 0.6 is 0 Å². The van der Waals surface area contributed by atoms with E-state index in [1.807, 2.05) is 42.7 Å². The Balaban J connectivity index is 2.34. The van der Waals surface area contributed by atoms with Gasteiger partial charge in [-0.15, -0.1) is 0 Å². The third kappa shape index (κ3) is 2.36. The molecule has 2 nitrogen and oxygen atoms in total. The Bertz CT molecular complexity index is 458. The molecule has 0 radical (unpaired) electrons. The van der Waals surface area contributed by atoms with Crippen LogP contribution in [0.15, 0.2) is 42.7 Å². The highest BCUT2D eigenvalue weighted by atomic mass is 28.3. The van der Waals surface area contributed by atoms with Crippen molar-refractivity contribution >= 4 is 13.3 Å². The minimum absolute atomic E-state index is 0.808. The summed E-state index contributed by atoms with van der Waals surface area (Å²) in [6.45, 7) is 6.90. The monoisotopic (exact) mass is 228 g/mol. The van der Waals surface area contributed by atoms with Crippen molar-refractivity contribution in [2.24, 2.45) is 0 Å². The number of benzene rings is 1. The summed E-state index contributed by atoms with van der Waals surface area (Å²) < 4.78 is 0. The second kappa shape index (κ2) is 4.18. The second-order valence-electron chi connectivity index (χ2n) is 4.91. The maximum absolute atomic E-state index is 4.44. The van der Waals surface area contributed by atoms with Crippen molar-refractivity contribution in [2.45, 2.75) is 19.6 Å². The van der Waals surface area contributed by atoms with Crippen LogP contribution in [0.2, 0.25) is 19.6 Å². The highest BCUT2D eigenvalue weighted by Crippen LogP contribution is 2.12. The lowest BCUT2D eigenvalue weighted by molar-refractivity contribution is 1.19. The fourth-order valence-corrected chi connectivity index (χ4v) is 2.36. The Labute approximate surface area is 97.4 Å². The number of aromatic nitrogens is 2. The molecule has 0 amide bonds. The van der Waals surface area contributed by atoms with Crippen molar-refractivity contribution in [2.75, 3.05) is 0 Å². The van der Waals surface area contributed by atoms with Crippen LogP contribution in [-0.4, -0.2) is 18.0 Å². The molecule has 0 aliphatic heterocycles. The largest absolute Gasteiger partial charge is 0.237 e. The lowest BCUT2D eigenvalue weighted by atomic mass is 10.2. The van der Waals surface area contributed by atoms with Crippen LogP contribution in [0.1, 0.15) is 0 Å². The molecular weight excluding hydrogens is 212 g/mol. The molecule has 0 fully saturated rings. The predicted molar refractivity (Wildman–Crippen MR) is 70.4 cm³/mol. The summed E-state index contributed by atoms with van der Waals surface area (Å²) >= 11 is 0. The zero-order valence-electron chi connectivity index (χ0n) is 9.94. The van der Waals surface area contributed by atoms with Crippen molar-refractivity contribution in [3.8, 4) is 11.4 Å². The Hall–Kier alpha value is -1.48. The van der Waals surface area contributed by atoms with E-state index in [0.717, 1.165) is 11.4 Å². The van der Waals surface area contributed by atoms with Crippen LogP contribution in [0.5, 0.6) is 0 Å². The van der Waals surface area contributed by atoms with Crippen molar-refractivity contribution in [3.63, 3.8) is 0 Å². The van der Waals surface area contributed by atoms with E-state index in [2.05, 4.69) is 29.6 Å². The third-order valence-corrected chi connectivity index (χ3v) is 4.54. The fourth-order valence-electron chi connectivity index (χ4n) is 1.45. The van der Waals surface area contributed by atoms with Gasteiger partial charge in [0, 0.05) is 18.0 Å². The molecule has 2 aromatic rings. The van der Waals surface area contributed by atoms with Crippen molar-refractivity contribution in [3.05, 3.63) is 42.7 Å². The molecule has 0 N–H and O–H groups in total. The minimum Gasteiger partial charge on any atom is -0.237 e. The lowest BCUT2D eigenvalue weighted by Crippen LogP contribution is -2.38. The molecule has 0 saturated carbocycles. The Morgan fingerprint density at radius 3 is 1.94 bits per heavy atom. The predicted octanol–water partition coefficient (Wildman–Crippen LogP) is 2.69. The molecule has 3 heteroatoms. The normalized spacial score (nSPS) is 11.4. The van der Waals surface area contributed by atoms with Crippen molar-refractivity contribution in [1.82, 2.24) is 9.97 Å². The van der Waals surface area contributed by atoms with E-state index in [0.29, 0.717) is 0 Å². The van der Waals surface area contributed by atoms with Crippen LogP contribution < -0.4 is 5.19 Å². The molecule has 0 atom stereocenters. The average molecular weight is 228 g/mol. The second-order valence-corrected chi connectivity index (χ2v) is 9.99. The molecule has 0 aliphatic carbocycles. The zero-order valence-corrected chi connectivity index (χ0v) is 10.9. The van der Waals surface area contributed by atoms with Crippen LogP contribution in [-0.2, 0) is 0 Å². The molecule has 1 aromatic heterocycles. The third-order valence-electron chi connectivity index (χ3n) is 2.55. The minimum atomic E-state index is -1.28. The molecule has 0 bridgehead atoms. The van der Waals surface area contributed by atoms with E-state index in [9.17, 15) is 0 Å². The maximum atomic E-state index is 4.44. The first-order chi connectivity index (χ1) is 7.57. The van der Waals surface area contributed by atoms with Gasteiger partial charge in [0.1, 0.15) is 0 Å². The maximum Gasteiger partial charge on any atom is 0.159 e. The van der Waals surface area contributed by atoms with Gasteiger partial charge in [-0.2, -0.15) is 0 Å². The van der Waals surface area contributed by atoms with E-state index in [1.54, 1.807) is 0 Å². The Morgan fingerprint density at radius 1 is 0.875 bits per heavy atom. The van der Waals surface area contributed by atoms with Gasteiger partial charge < -0.3 is 0 Å². The Morgan fingerprint density at radius 2 is 1.44 bits per heavy atom. The summed E-state index contributed by atoms with van der Waals surface area (Å²) in [6, 6.07) is 10.1. The average Bonchev–Trinajstić information content (AvgIpc) is 2.29. The van der Waals surface area contributed by atoms with Crippen LogP contribution in [0, 0.1) is 0 Å². The van der Waals surface area contributed by atoms with Gasteiger partial charge in [0.05, 0.1) is 8.07 Å². The molecule has 1 heterocycles. The molecular formula is C13H16N2Si. The van der Waals surface area contributed by atoms with Crippen LogP contribution in [0.3, 0.4) is 0 Å². The molecule has 0 aliphatic rings. The van der Waals surface area contributed by atoms with Crippen LogP contribution in [0.25, 0.3) is 11.4 Å². The van der Waals surface area contributed by atoms with E-state index in [-0.39, 0.29) is 0 Å². The van der Waals surface area contributed by atoms with Crippen molar-refractivity contribution in [1.29, 1.82) is 0 Å². The first-order valence-corrected chi connectivity index (χ1v) is 8.95. The number of nitrogens with zero attached hydrogens (tertiary/aromatic N) is 2. The van der Waals surface area contributed by atoms with E-state index in [4.69, 9.17) is 0 Å². The van der Waals surface area contributed by atoms with Gasteiger partial charge in [-0.25, -0.2) is 9.97 Å². The summed E-state index contributed by atoms with van der Waals surface area (Å²) in [5, 5.41) is 1.30. The molecule has 2 rings (SSSR count). The summed E-state index contributed by atoms with van der Waals surface area (Å²) in [5.41, 5.74) is 1.07. The molecule has 16 heavy (non-hydrogen) atoms. The van der Waals surface area contributed by atoms with Gasteiger partial charge in [0.25, 0.3) is 0 Å². The SMILES string of the molecule is C[Si](C)(C)c1cnc(-c2ccccc2)nc1. The first-order valence-electron chi connectivity index (χ1n) is 5.45. The van der Waals surface area contributed by atoms with E-state index >= 15 is 0 Å².